The molecule has 0 aliphatic rings. The van der Waals surface area contributed by atoms with Gasteiger partial charge in [-0.25, -0.2) is 0 Å². The molecule has 0 bridgehead atoms. The lowest BCUT2D eigenvalue weighted by Crippen LogP contribution is -2.43. The largest absolute Gasteiger partial charge is 0.347 e. The Morgan fingerprint density at radius 2 is 1.86 bits per heavy atom. The molecule has 1 unspecified atom stereocenters. The van der Waals surface area contributed by atoms with E-state index in [1.807, 2.05) is 30.3 Å². The maximum Gasteiger partial charge on any atom is 0.241 e. The fourth-order valence-corrected chi connectivity index (χ4v) is 1.91. The van der Waals surface area contributed by atoms with Crippen LogP contribution in [-0.2, 0) is 16.0 Å². The van der Waals surface area contributed by atoms with Gasteiger partial charge in [-0.2, -0.15) is 5.26 Å². The molecule has 0 fully saturated rings. The number of amides is 2. The van der Waals surface area contributed by atoms with Gasteiger partial charge in [0.15, 0.2) is 0 Å². The molecule has 21 heavy (non-hydrogen) atoms. The van der Waals surface area contributed by atoms with Crippen molar-refractivity contribution < 1.29 is 9.59 Å². The molecule has 0 aliphatic heterocycles. The molecular formula is C16H21N3O2. The first-order valence-electron chi connectivity index (χ1n) is 6.92. The summed E-state index contributed by atoms with van der Waals surface area (Å²) in [6.45, 7) is 2.22. The summed E-state index contributed by atoms with van der Waals surface area (Å²) in [4.78, 5) is 27.0. The molecule has 1 aromatic rings. The first kappa shape index (κ1) is 16.7. The molecule has 1 aromatic carbocycles. The molecule has 0 heterocycles. The molecule has 0 N–H and O–H groups in total. The Balaban J connectivity index is 2.77. The molecule has 0 saturated carbocycles. The zero-order valence-electron chi connectivity index (χ0n) is 12.7. The lowest BCUT2D eigenvalue weighted by atomic mass is 9.99. The van der Waals surface area contributed by atoms with E-state index < -0.39 is 5.92 Å². The molecule has 1 rings (SSSR count). The molecule has 0 aliphatic carbocycles. The number of rotatable bonds is 6. The first-order valence-corrected chi connectivity index (χ1v) is 6.92. The van der Waals surface area contributed by atoms with Crippen LogP contribution in [-0.4, -0.2) is 48.8 Å². The van der Waals surface area contributed by atoms with Crippen molar-refractivity contribution in [1.82, 2.24) is 9.80 Å². The summed E-state index contributed by atoms with van der Waals surface area (Å²) in [5.74, 6) is -1.21. The number of nitriles is 1. The molecule has 5 heteroatoms. The van der Waals surface area contributed by atoms with Crippen LogP contribution in [0.3, 0.4) is 0 Å². The van der Waals surface area contributed by atoms with Crippen LogP contribution in [0.2, 0.25) is 0 Å². The van der Waals surface area contributed by atoms with Gasteiger partial charge >= 0.3 is 0 Å². The minimum Gasteiger partial charge on any atom is -0.347 e. The molecule has 2 amide bonds. The van der Waals surface area contributed by atoms with Crippen LogP contribution in [0.5, 0.6) is 0 Å². The van der Waals surface area contributed by atoms with Crippen molar-refractivity contribution in [1.29, 1.82) is 5.26 Å². The fourth-order valence-electron chi connectivity index (χ4n) is 1.91. The molecule has 1 atom stereocenters. The summed E-state index contributed by atoms with van der Waals surface area (Å²) in [5.41, 5.74) is 0.937. The Hall–Kier alpha value is -2.35. The molecule has 0 saturated heterocycles. The zero-order valence-corrected chi connectivity index (χ0v) is 12.7. The van der Waals surface area contributed by atoms with Crippen molar-refractivity contribution in [3.63, 3.8) is 0 Å². The van der Waals surface area contributed by atoms with Crippen molar-refractivity contribution in [3.05, 3.63) is 35.9 Å². The van der Waals surface area contributed by atoms with Crippen LogP contribution in [0.25, 0.3) is 0 Å². The van der Waals surface area contributed by atoms with Crippen LogP contribution in [0.15, 0.2) is 30.3 Å². The number of likely N-dealkylation sites (N-methyl/N-ethyl adjacent to an activating group) is 2. The number of hydrogen-bond donors (Lipinski definition) is 0. The highest BCUT2D eigenvalue weighted by molar-refractivity contribution is 5.87. The fraction of sp³-hybridized carbons (Fsp3) is 0.438. The Morgan fingerprint density at radius 3 is 2.33 bits per heavy atom. The van der Waals surface area contributed by atoms with E-state index in [0.717, 1.165) is 5.56 Å². The van der Waals surface area contributed by atoms with E-state index in [1.54, 1.807) is 21.0 Å². The topological polar surface area (TPSA) is 64.4 Å². The molecule has 5 nitrogen and oxygen atoms in total. The SMILES string of the molecule is CCN(CC(=O)N(C)C)C(=O)C(C#N)Cc1ccccc1. The number of nitrogens with zero attached hydrogens (tertiary/aromatic N) is 3. The first-order chi connectivity index (χ1) is 9.99. The lowest BCUT2D eigenvalue weighted by molar-refractivity contribution is -0.140. The zero-order chi connectivity index (χ0) is 15.8. The molecule has 0 aromatic heterocycles. The minimum absolute atomic E-state index is 0.00923. The van der Waals surface area contributed by atoms with Crippen LogP contribution in [0, 0.1) is 17.2 Å². The maximum atomic E-state index is 12.4. The van der Waals surface area contributed by atoms with Gasteiger partial charge in [-0.3, -0.25) is 9.59 Å². The Labute approximate surface area is 125 Å². The summed E-state index contributed by atoms with van der Waals surface area (Å²) < 4.78 is 0. The number of benzene rings is 1. The van der Waals surface area contributed by atoms with Gasteiger partial charge in [-0.15, -0.1) is 0 Å². The van der Waals surface area contributed by atoms with Crippen LogP contribution in [0.4, 0.5) is 0 Å². The maximum absolute atomic E-state index is 12.4. The van der Waals surface area contributed by atoms with Crippen molar-refractivity contribution in [2.75, 3.05) is 27.2 Å². The van der Waals surface area contributed by atoms with Gasteiger partial charge < -0.3 is 9.80 Å². The Bertz CT molecular complexity index is 520. The van der Waals surface area contributed by atoms with E-state index in [4.69, 9.17) is 0 Å². The van der Waals surface area contributed by atoms with Crippen molar-refractivity contribution in [2.45, 2.75) is 13.3 Å². The van der Waals surface area contributed by atoms with Crippen molar-refractivity contribution in [3.8, 4) is 6.07 Å². The Kier molecular flexibility index (Phi) is 6.41. The van der Waals surface area contributed by atoms with Gasteiger partial charge in [-0.1, -0.05) is 30.3 Å². The predicted molar refractivity (Wildman–Crippen MR) is 80.2 cm³/mol. The number of carbonyl (C=O) groups excluding carboxylic acids is 2. The highest BCUT2D eigenvalue weighted by atomic mass is 16.2. The second-order valence-corrected chi connectivity index (χ2v) is 5.01. The third-order valence-corrected chi connectivity index (χ3v) is 3.25. The van der Waals surface area contributed by atoms with E-state index in [1.165, 1.54) is 9.80 Å². The number of carbonyl (C=O) groups is 2. The van der Waals surface area contributed by atoms with E-state index >= 15 is 0 Å². The second kappa shape index (κ2) is 8.05. The van der Waals surface area contributed by atoms with Gasteiger partial charge in [0.05, 0.1) is 12.6 Å². The van der Waals surface area contributed by atoms with Crippen LogP contribution < -0.4 is 0 Å². The summed E-state index contributed by atoms with van der Waals surface area (Å²) in [6, 6.07) is 11.5. The summed E-state index contributed by atoms with van der Waals surface area (Å²) >= 11 is 0. The third-order valence-electron chi connectivity index (χ3n) is 3.25. The quantitative estimate of drug-likeness (QED) is 0.792. The van der Waals surface area contributed by atoms with Crippen molar-refractivity contribution in [2.24, 2.45) is 5.92 Å². The van der Waals surface area contributed by atoms with Crippen LogP contribution in [0.1, 0.15) is 12.5 Å². The van der Waals surface area contributed by atoms with Gasteiger partial charge in [0.1, 0.15) is 5.92 Å². The van der Waals surface area contributed by atoms with E-state index in [-0.39, 0.29) is 18.4 Å². The highest BCUT2D eigenvalue weighted by Crippen LogP contribution is 2.11. The summed E-state index contributed by atoms with van der Waals surface area (Å²) in [6.07, 6.45) is 0.364. The Morgan fingerprint density at radius 1 is 1.24 bits per heavy atom. The molecule has 0 radical (unpaired) electrons. The standard InChI is InChI=1S/C16H21N3O2/c1-4-19(12-15(20)18(2)3)16(21)14(11-17)10-13-8-6-5-7-9-13/h5-9,14H,4,10,12H2,1-3H3. The van der Waals surface area contributed by atoms with Gasteiger partial charge in [0.2, 0.25) is 11.8 Å². The van der Waals surface area contributed by atoms with Gasteiger partial charge in [0.25, 0.3) is 0 Å². The van der Waals surface area contributed by atoms with Crippen molar-refractivity contribution >= 4 is 11.8 Å². The monoisotopic (exact) mass is 287 g/mol. The average molecular weight is 287 g/mol. The van der Waals surface area contributed by atoms with E-state index in [9.17, 15) is 14.9 Å². The molecule has 112 valence electrons. The average Bonchev–Trinajstić information content (AvgIpc) is 2.50. The minimum atomic E-state index is -0.762. The summed E-state index contributed by atoms with van der Waals surface area (Å²) in [7, 11) is 3.29. The van der Waals surface area contributed by atoms with E-state index in [2.05, 4.69) is 6.07 Å². The summed E-state index contributed by atoms with van der Waals surface area (Å²) in [5, 5.41) is 9.25. The predicted octanol–water partition coefficient (Wildman–Crippen LogP) is 1.31. The number of hydrogen-bond acceptors (Lipinski definition) is 3. The van der Waals surface area contributed by atoms with Gasteiger partial charge in [0, 0.05) is 20.6 Å². The normalized spacial score (nSPS) is 11.3. The molecule has 0 spiro atoms. The molecular weight excluding hydrogens is 266 g/mol. The lowest BCUT2D eigenvalue weighted by Gasteiger charge is -2.24. The smallest absolute Gasteiger partial charge is 0.241 e. The van der Waals surface area contributed by atoms with Crippen LogP contribution >= 0.6 is 0 Å². The van der Waals surface area contributed by atoms with E-state index in [0.29, 0.717) is 13.0 Å². The highest BCUT2D eigenvalue weighted by Gasteiger charge is 2.25. The second-order valence-electron chi connectivity index (χ2n) is 5.01. The van der Waals surface area contributed by atoms with Gasteiger partial charge in [-0.05, 0) is 18.9 Å². The third kappa shape index (κ3) is 4.92.